The van der Waals surface area contributed by atoms with Crippen LogP contribution in [0.25, 0.3) is 10.9 Å². The molecule has 0 saturated carbocycles. The van der Waals surface area contributed by atoms with E-state index in [1.807, 2.05) is 39.0 Å². The van der Waals surface area contributed by atoms with Crippen molar-refractivity contribution >= 4 is 71.3 Å². The van der Waals surface area contributed by atoms with E-state index < -0.39 is 6.04 Å². The third-order valence-electron chi connectivity index (χ3n) is 7.50. The Balaban J connectivity index is 1.89. The Bertz CT molecular complexity index is 1480. The maximum atomic E-state index is 13.9. The van der Waals surface area contributed by atoms with Crippen LogP contribution in [0.15, 0.2) is 42.5 Å². The summed E-state index contributed by atoms with van der Waals surface area (Å²) in [6, 6.07) is 11.4. The van der Waals surface area contributed by atoms with Crippen molar-refractivity contribution < 1.29 is 19.2 Å². The van der Waals surface area contributed by atoms with Crippen molar-refractivity contribution in [1.82, 2.24) is 25.4 Å². The average molecular weight is 660 g/mol. The molecule has 238 valence electrons. The summed E-state index contributed by atoms with van der Waals surface area (Å²) in [4.78, 5) is 54.3. The molecule has 0 aliphatic heterocycles. The molecule has 0 aliphatic carbocycles. The Morgan fingerprint density at radius 3 is 2.16 bits per heavy atom. The number of aryl methyl sites for hydroxylation is 1. The second-order valence-corrected chi connectivity index (χ2v) is 11.8. The highest BCUT2D eigenvalue weighted by atomic mass is 35.5. The Kier molecular flexibility index (Phi) is 13.9. The third-order valence-corrected chi connectivity index (χ3v) is 8.48. The first-order valence-corrected chi connectivity index (χ1v) is 16.3. The maximum Gasteiger partial charge on any atom is 0.262 e. The van der Waals surface area contributed by atoms with Crippen molar-refractivity contribution in [3.63, 3.8) is 0 Å². The monoisotopic (exact) mass is 659 g/mol. The van der Waals surface area contributed by atoms with E-state index in [0.29, 0.717) is 59.3 Å². The largest absolute Gasteiger partial charge is 0.315 e. The highest BCUT2D eigenvalue weighted by Crippen LogP contribution is 2.29. The van der Waals surface area contributed by atoms with Gasteiger partial charge in [-0.05, 0) is 69.3 Å². The number of carbonyl (C=O) groups excluding carboxylic acids is 4. The lowest BCUT2D eigenvalue weighted by Crippen LogP contribution is -2.53. The molecule has 0 aliphatic rings. The van der Waals surface area contributed by atoms with Crippen LogP contribution in [0.2, 0.25) is 5.02 Å². The predicted octanol–water partition coefficient (Wildman–Crippen LogP) is 3.47. The van der Waals surface area contributed by atoms with Gasteiger partial charge in [0.2, 0.25) is 11.8 Å². The standard InChI is InChI=1S/C32H42ClN5O4S2/c1-5-34-14-15-37(32(42)28(19-44)36-13-12-35-27(18-43)22(4)39)30(40)17-25-21(3)38(29-11-6-20(2)16-26(25)29)31(41)23-7-9-24(33)10-8-23/h6-11,16,27-28,34-36,43-44H,5,12-15,17-19H2,1-4H3/t27-,28-/m0/s1. The molecule has 3 aromatic rings. The first-order valence-electron chi connectivity index (χ1n) is 14.7. The van der Waals surface area contributed by atoms with Gasteiger partial charge in [-0.15, -0.1) is 0 Å². The second-order valence-electron chi connectivity index (χ2n) is 10.6. The average Bonchev–Trinajstić information content (AvgIpc) is 3.26. The number of benzene rings is 2. The summed E-state index contributed by atoms with van der Waals surface area (Å²) in [5.41, 5.74) is 3.47. The highest BCUT2D eigenvalue weighted by Gasteiger charge is 2.30. The Morgan fingerprint density at radius 2 is 1.57 bits per heavy atom. The van der Waals surface area contributed by atoms with E-state index in [1.54, 1.807) is 28.8 Å². The van der Waals surface area contributed by atoms with Crippen molar-refractivity contribution in [2.75, 3.05) is 44.2 Å². The molecule has 9 nitrogen and oxygen atoms in total. The van der Waals surface area contributed by atoms with Gasteiger partial charge in [-0.2, -0.15) is 25.3 Å². The molecule has 3 rings (SSSR count). The smallest absolute Gasteiger partial charge is 0.262 e. The molecule has 12 heteroatoms. The number of likely N-dealkylation sites (N-methyl/N-ethyl adjacent to an activating group) is 1. The molecule has 0 spiro atoms. The summed E-state index contributed by atoms with van der Waals surface area (Å²) in [7, 11) is 0. The quantitative estimate of drug-likeness (QED) is 0.118. The number of hydrogen-bond donors (Lipinski definition) is 5. The van der Waals surface area contributed by atoms with Gasteiger partial charge in [0, 0.05) is 59.4 Å². The van der Waals surface area contributed by atoms with E-state index >= 15 is 0 Å². The van der Waals surface area contributed by atoms with Crippen LogP contribution >= 0.6 is 36.9 Å². The Labute approximate surface area is 275 Å². The number of nitrogens with one attached hydrogen (secondary N) is 3. The lowest BCUT2D eigenvalue weighted by Gasteiger charge is -2.26. The fourth-order valence-corrected chi connectivity index (χ4v) is 5.82. The number of hydrogen-bond acceptors (Lipinski definition) is 9. The first kappa shape index (κ1) is 35.8. The number of nitrogens with zero attached hydrogens (tertiary/aromatic N) is 2. The number of amides is 2. The fourth-order valence-electron chi connectivity index (χ4n) is 5.02. The van der Waals surface area contributed by atoms with Gasteiger partial charge in [-0.1, -0.05) is 30.2 Å². The lowest BCUT2D eigenvalue weighted by molar-refractivity contribution is -0.145. The van der Waals surface area contributed by atoms with Crippen LogP contribution in [0, 0.1) is 13.8 Å². The van der Waals surface area contributed by atoms with Crippen LogP contribution in [-0.4, -0.2) is 89.3 Å². The minimum Gasteiger partial charge on any atom is -0.315 e. The molecule has 2 atom stereocenters. The molecule has 3 N–H and O–H groups in total. The summed E-state index contributed by atoms with van der Waals surface area (Å²) in [5, 5.41) is 10.8. The van der Waals surface area contributed by atoms with Crippen molar-refractivity contribution in [1.29, 1.82) is 0 Å². The molecule has 0 unspecified atom stereocenters. The van der Waals surface area contributed by atoms with Crippen LogP contribution in [0.3, 0.4) is 0 Å². The van der Waals surface area contributed by atoms with Crippen molar-refractivity contribution in [3.05, 3.63) is 69.9 Å². The Hall–Kier alpha value is -2.67. The number of carbonyl (C=O) groups is 4. The van der Waals surface area contributed by atoms with Gasteiger partial charge in [0.05, 0.1) is 24.0 Å². The molecule has 2 aromatic carbocycles. The van der Waals surface area contributed by atoms with Gasteiger partial charge in [0.1, 0.15) is 5.78 Å². The summed E-state index contributed by atoms with van der Waals surface area (Å²) in [6.45, 7) is 9.37. The number of halogens is 1. The number of imide groups is 1. The van der Waals surface area contributed by atoms with Gasteiger partial charge < -0.3 is 16.0 Å². The zero-order valence-corrected chi connectivity index (χ0v) is 28.2. The summed E-state index contributed by atoms with van der Waals surface area (Å²) in [5.74, 6) is -0.436. The van der Waals surface area contributed by atoms with Gasteiger partial charge >= 0.3 is 0 Å². The van der Waals surface area contributed by atoms with Crippen LogP contribution in [-0.2, 0) is 20.8 Å². The van der Waals surface area contributed by atoms with E-state index in [9.17, 15) is 19.2 Å². The number of fused-ring (bicyclic) bond motifs is 1. The molecule has 0 radical (unpaired) electrons. The number of aromatic nitrogens is 1. The Morgan fingerprint density at radius 1 is 0.932 bits per heavy atom. The fraction of sp³-hybridized carbons (Fsp3) is 0.438. The van der Waals surface area contributed by atoms with Crippen LogP contribution in [0.4, 0.5) is 0 Å². The molecular formula is C32H42ClN5O4S2. The summed E-state index contributed by atoms with van der Waals surface area (Å²) < 4.78 is 1.62. The topological polar surface area (TPSA) is 113 Å². The summed E-state index contributed by atoms with van der Waals surface area (Å²) in [6.07, 6.45) is -0.0619. The normalized spacial score (nSPS) is 12.7. The van der Waals surface area contributed by atoms with Gasteiger partial charge in [0.15, 0.2) is 0 Å². The molecule has 1 heterocycles. The van der Waals surface area contributed by atoms with E-state index in [-0.39, 0.29) is 48.3 Å². The van der Waals surface area contributed by atoms with E-state index in [0.717, 1.165) is 10.9 Å². The van der Waals surface area contributed by atoms with Crippen LogP contribution in [0.5, 0.6) is 0 Å². The van der Waals surface area contributed by atoms with Gasteiger partial charge in [-0.25, -0.2) is 0 Å². The molecule has 44 heavy (non-hydrogen) atoms. The maximum absolute atomic E-state index is 13.9. The number of rotatable bonds is 16. The SMILES string of the molecule is CCNCCN(C(=O)Cc1c(C)n(C(=O)c2ccc(Cl)cc2)c2ccc(C)cc12)C(=O)[C@H](CS)NCCN[C@@H](CS)C(C)=O. The number of Topliss-reactive ketones (excluding diaryl/α,β-unsaturated/α-hetero) is 1. The number of thiol groups is 2. The first-order chi connectivity index (χ1) is 21.0. The van der Waals surface area contributed by atoms with E-state index in [2.05, 4.69) is 41.2 Å². The zero-order valence-electron chi connectivity index (χ0n) is 25.7. The molecule has 0 fully saturated rings. The third kappa shape index (κ3) is 8.95. The molecule has 2 amide bonds. The minimum absolute atomic E-state index is 0.0104. The zero-order chi connectivity index (χ0) is 32.4. The van der Waals surface area contributed by atoms with Gasteiger partial charge in [-0.3, -0.25) is 28.6 Å². The molecular weight excluding hydrogens is 618 g/mol. The van der Waals surface area contributed by atoms with Crippen molar-refractivity contribution in [3.8, 4) is 0 Å². The van der Waals surface area contributed by atoms with E-state index in [4.69, 9.17) is 11.6 Å². The lowest BCUT2D eigenvalue weighted by atomic mass is 10.0. The second kappa shape index (κ2) is 17.1. The molecule has 1 aromatic heterocycles. The van der Waals surface area contributed by atoms with E-state index in [1.165, 1.54) is 11.8 Å². The highest BCUT2D eigenvalue weighted by molar-refractivity contribution is 7.80. The molecule has 0 bridgehead atoms. The van der Waals surface area contributed by atoms with Crippen LogP contribution in [0.1, 0.15) is 41.0 Å². The van der Waals surface area contributed by atoms with Crippen LogP contribution < -0.4 is 16.0 Å². The summed E-state index contributed by atoms with van der Waals surface area (Å²) >= 11 is 14.6. The van der Waals surface area contributed by atoms with Gasteiger partial charge in [0.25, 0.3) is 5.91 Å². The molecule has 0 saturated heterocycles. The van der Waals surface area contributed by atoms with Crippen molar-refractivity contribution in [2.24, 2.45) is 0 Å². The predicted molar refractivity (Wildman–Crippen MR) is 184 cm³/mol. The minimum atomic E-state index is -0.714. The van der Waals surface area contributed by atoms with Crippen molar-refractivity contribution in [2.45, 2.75) is 46.2 Å². The number of ketones is 1.